The van der Waals surface area contributed by atoms with E-state index < -0.39 is 18.0 Å². The average Bonchev–Trinajstić information content (AvgIpc) is 3.41. The summed E-state index contributed by atoms with van der Waals surface area (Å²) in [6.07, 6.45) is 5.52. The number of aromatic amines is 1. The number of fused-ring (bicyclic) bond motifs is 1. The second kappa shape index (κ2) is 13.2. The predicted molar refractivity (Wildman–Crippen MR) is 143 cm³/mol. The van der Waals surface area contributed by atoms with Crippen molar-refractivity contribution in [2.24, 2.45) is 0 Å². The van der Waals surface area contributed by atoms with Gasteiger partial charge in [-0.15, -0.1) is 0 Å². The number of aliphatic carboxylic acids is 2. The number of benzene rings is 2. The van der Waals surface area contributed by atoms with Crippen LogP contribution in [-0.2, 0) is 33.8 Å². The van der Waals surface area contributed by atoms with Gasteiger partial charge in [-0.3, -0.25) is 9.69 Å². The third-order valence-electron chi connectivity index (χ3n) is 6.04. The van der Waals surface area contributed by atoms with Gasteiger partial charge in [-0.1, -0.05) is 36.4 Å². The molecule has 4 rings (SSSR count). The molecule has 2 heterocycles. The van der Waals surface area contributed by atoms with E-state index in [1.54, 1.807) is 0 Å². The van der Waals surface area contributed by atoms with Crippen LogP contribution >= 0.6 is 0 Å². The Labute approximate surface area is 220 Å². The Morgan fingerprint density at radius 2 is 1.66 bits per heavy atom. The molecule has 2 aromatic carbocycles. The largest absolute Gasteiger partial charge is 0.478 e. The van der Waals surface area contributed by atoms with Crippen LogP contribution in [0, 0.1) is 0 Å². The number of carboxylic acids is 2. The summed E-state index contributed by atoms with van der Waals surface area (Å²) in [6.45, 7) is 1.31. The van der Waals surface area contributed by atoms with E-state index in [1.807, 2.05) is 30.3 Å². The first-order valence-corrected chi connectivity index (χ1v) is 12.2. The van der Waals surface area contributed by atoms with E-state index in [9.17, 15) is 19.2 Å². The molecule has 1 atom stereocenters. The molecule has 1 saturated heterocycles. The van der Waals surface area contributed by atoms with Gasteiger partial charge in [0, 0.05) is 35.8 Å². The van der Waals surface area contributed by atoms with Gasteiger partial charge >= 0.3 is 18.0 Å². The molecule has 200 valence electrons. The smallest absolute Gasteiger partial charge is 0.328 e. The van der Waals surface area contributed by atoms with Crippen molar-refractivity contribution in [3.05, 3.63) is 83.6 Å². The molecule has 0 spiro atoms. The minimum absolute atomic E-state index is 0.141. The lowest BCUT2D eigenvalue weighted by molar-refractivity contribution is -0.134. The molecule has 0 radical (unpaired) electrons. The van der Waals surface area contributed by atoms with Crippen molar-refractivity contribution in [2.45, 2.75) is 31.8 Å². The Hall–Kier alpha value is -4.44. The molecule has 3 amide bonds. The van der Waals surface area contributed by atoms with E-state index in [0.717, 1.165) is 30.5 Å². The van der Waals surface area contributed by atoms with Gasteiger partial charge in [-0.05, 0) is 62.2 Å². The number of imide groups is 1. The van der Waals surface area contributed by atoms with Crippen LogP contribution in [0.1, 0.15) is 23.1 Å². The van der Waals surface area contributed by atoms with Gasteiger partial charge < -0.3 is 25.4 Å². The number of carbonyl (C=O) groups excluding carboxylic acids is 2. The lowest BCUT2D eigenvalue weighted by Crippen LogP contribution is -2.31. The highest BCUT2D eigenvalue weighted by Crippen LogP contribution is 2.22. The number of likely N-dealkylation sites (N-methyl/N-ethyl adjacent to an activating group) is 1. The average molecular weight is 521 g/mol. The van der Waals surface area contributed by atoms with E-state index in [2.05, 4.69) is 53.7 Å². The van der Waals surface area contributed by atoms with Gasteiger partial charge in [-0.25, -0.2) is 14.4 Å². The number of rotatable bonds is 10. The number of urea groups is 1. The van der Waals surface area contributed by atoms with Crippen molar-refractivity contribution >= 4 is 34.8 Å². The van der Waals surface area contributed by atoms with Gasteiger partial charge in [-0.2, -0.15) is 0 Å². The van der Waals surface area contributed by atoms with E-state index in [1.165, 1.54) is 21.4 Å². The standard InChI is InChI=1S/C24H28N4O2.C4H4O4/c1-27(2)13-12-19-15-25-21-10-8-17(14-20(19)21)9-11-22-23(29)28(24(30)26-22)16-18-6-4-3-5-7-18;5-3(6)1-2-4(7)8/h3-8,10,14-15,22,25H,9,11-13,16H2,1-2H3,(H,26,30);1-2H,(H,5,6)(H,7,8). The minimum atomic E-state index is -1.26. The number of nitrogens with one attached hydrogen (secondary N) is 2. The molecule has 1 aliphatic rings. The molecule has 10 nitrogen and oxygen atoms in total. The molecule has 4 N–H and O–H groups in total. The van der Waals surface area contributed by atoms with Crippen LogP contribution in [0.25, 0.3) is 10.9 Å². The maximum Gasteiger partial charge on any atom is 0.328 e. The van der Waals surface area contributed by atoms with E-state index in [0.29, 0.717) is 25.1 Å². The molecule has 1 aliphatic heterocycles. The van der Waals surface area contributed by atoms with Gasteiger partial charge in [0.1, 0.15) is 6.04 Å². The summed E-state index contributed by atoms with van der Waals surface area (Å²) in [4.78, 5) is 51.0. The molecule has 0 saturated carbocycles. The summed E-state index contributed by atoms with van der Waals surface area (Å²) in [7, 11) is 4.16. The Kier molecular flexibility index (Phi) is 9.78. The fourth-order valence-electron chi connectivity index (χ4n) is 4.07. The minimum Gasteiger partial charge on any atom is -0.478 e. The Morgan fingerprint density at radius 1 is 0.974 bits per heavy atom. The van der Waals surface area contributed by atoms with Crippen molar-refractivity contribution in [3.8, 4) is 0 Å². The highest BCUT2D eigenvalue weighted by molar-refractivity contribution is 6.04. The third-order valence-corrected chi connectivity index (χ3v) is 6.04. The molecule has 0 bridgehead atoms. The number of amides is 3. The van der Waals surface area contributed by atoms with Crippen LogP contribution in [0.2, 0.25) is 0 Å². The third kappa shape index (κ3) is 8.04. The normalized spacial score (nSPS) is 15.1. The first-order valence-electron chi connectivity index (χ1n) is 12.2. The molecule has 1 unspecified atom stereocenters. The molecular weight excluding hydrogens is 488 g/mol. The number of H-pyrrole nitrogens is 1. The number of aryl methyl sites for hydroxylation is 1. The van der Waals surface area contributed by atoms with Crippen molar-refractivity contribution in [1.82, 2.24) is 20.1 Å². The van der Waals surface area contributed by atoms with E-state index in [4.69, 9.17) is 10.2 Å². The maximum absolute atomic E-state index is 12.7. The molecule has 10 heteroatoms. The highest BCUT2D eigenvalue weighted by atomic mass is 16.4. The van der Waals surface area contributed by atoms with E-state index >= 15 is 0 Å². The van der Waals surface area contributed by atoms with Crippen molar-refractivity contribution in [3.63, 3.8) is 0 Å². The maximum atomic E-state index is 12.7. The zero-order valence-corrected chi connectivity index (χ0v) is 21.4. The quantitative estimate of drug-likeness (QED) is 0.238. The SMILES string of the molecule is CN(C)CCc1c[nH]c2ccc(CCC3NC(=O)N(Cc4ccccc4)C3=O)cc12.O=C(O)C=CC(=O)O. The molecule has 0 aliphatic carbocycles. The summed E-state index contributed by atoms with van der Waals surface area (Å²) in [5.74, 6) is -2.65. The van der Waals surface area contributed by atoms with Crippen LogP contribution in [0.5, 0.6) is 0 Å². The van der Waals surface area contributed by atoms with Gasteiger partial charge in [0.05, 0.1) is 6.54 Å². The lowest BCUT2D eigenvalue weighted by atomic mass is 10.0. The summed E-state index contributed by atoms with van der Waals surface area (Å²) >= 11 is 0. The summed E-state index contributed by atoms with van der Waals surface area (Å²) in [6, 6.07) is 15.2. The number of aromatic nitrogens is 1. The van der Waals surface area contributed by atoms with Crippen molar-refractivity contribution in [1.29, 1.82) is 0 Å². The number of carboxylic acid groups (broad SMARTS) is 2. The van der Waals surface area contributed by atoms with E-state index in [-0.39, 0.29) is 11.9 Å². The van der Waals surface area contributed by atoms with Crippen LogP contribution in [-0.4, -0.2) is 75.6 Å². The molecule has 1 aromatic heterocycles. The highest BCUT2D eigenvalue weighted by Gasteiger charge is 2.37. The predicted octanol–water partition coefficient (Wildman–Crippen LogP) is 3.04. The molecule has 38 heavy (non-hydrogen) atoms. The first kappa shape index (κ1) is 28.1. The number of nitrogens with zero attached hydrogens (tertiary/aromatic N) is 2. The monoisotopic (exact) mass is 520 g/mol. The number of carbonyl (C=O) groups is 4. The van der Waals surface area contributed by atoms with Crippen molar-refractivity contribution < 1.29 is 29.4 Å². The van der Waals surface area contributed by atoms with Crippen LogP contribution in [0.15, 0.2) is 66.9 Å². The van der Waals surface area contributed by atoms with Gasteiger partial charge in [0.15, 0.2) is 0 Å². The summed E-state index contributed by atoms with van der Waals surface area (Å²) < 4.78 is 0. The second-order valence-electron chi connectivity index (χ2n) is 9.21. The van der Waals surface area contributed by atoms with Crippen LogP contribution in [0.3, 0.4) is 0 Å². The summed E-state index contributed by atoms with van der Waals surface area (Å²) in [5, 5.41) is 19.7. The van der Waals surface area contributed by atoms with Gasteiger partial charge in [0.25, 0.3) is 5.91 Å². The molecular formula is C28H32N4O6. The fraction of sp³-hybridized carbons (Fsp3) is 0.286. The molecule has 1 fully saturated rings. The second-order valence-corrected chi connectivity index (χ2v) is 9.21. The Morgan fingerprint density at radius 3 is 2.29 bits per heavy atom. The van der Waals surface area contributed by atoms with Crippen LogP contribution in [0.4, 0.5) is 4.79 Å². The lowest BCUT2D eigenvalue weighted by Gasteiger charge is -2.13. The topological polar surface area (TPSA) is 143 Å². The van der Waals surface area contributed by atoms with Crippen LogP contribution < -0.4 is 5.32 Å². The Balaban J connectivity index is 0.000000436. The number of hydrogen-bond donors (Lipinski definition) is 4. The number of hydrogen-bond acceptors (Lipinski definition) is 5. The molecule has 3 aromatic rings. The van der Waals surface area contributed by atoms with Gasteiger partial charge in [0.2, 0.25) is 0 Å². The fourth-order valence-corrected chi connectivity index (χ4v) is 4.07. The Bertz CT molecular complexity index is 1300. The zero-order chi connectivity index (χ0) is 27.7. The zero-order valence-electron chi connectivity index (χ0n) is 21.4. The first-order chi connectivity index (χ1) is 18.1. The van der Waals surface area contributed by atoms with Crippen molar-refractivity contribution in [2.75, 3.05) is 20.6 Å². The summed E-state index contributed by atoms with van der Waals surface area (Å²) in [5.41, 5.74) is 4.56.